The second-order valence-corrected chi connectivity index (χ2v) is 9.69. The van der Waals surface area contributed by atoms with E-state index in [0.717, 1.165) is 16.7 Å². The fourth-order valence-corrected chi connectivity index (χ4v) is 4.98. The molecule has 1 N–H and O–H groups in total. The molecule has 35 heavy (non-hydrogen) atoms. The minimum Gasteiger partial charge on any atom is -0.355 e. The number of halogens is 2. The van der Waals surface area contributed by atoms with Crippen LogP contribution >= 0.6 is 23.4 Å². The third kappa shape index (κ3) is 7.84. The molecule has 3 rings (SSSR count). The molecular formula is C28H30ClFN2O2S. The predicted octanol–water partition coefficient (Wildman–Crippen LogP) is 5.80. The summed E-state index contributed by atoms with van der Waals surface area (Å²) in [5, 5.41) is 3.22. The molecule has 0 aliphatic rings. The molecule has 1 unspecified atom stereocenters. The van der Waals surface area contributed by atoms with E-state index in [1.807, 2.05) is 68.4 Å². The summed E-state index contributed by atoms with van der Waals surface area (Å²) in [5.41, 5.74) is 3.40. The highest BCUT2D eigenvalue weighted by Gasteiger charge is 2.30. The van der Waals surface area contributed by atoms with E-state index in [0.29, 0.717) is 30.1 Å². The van der Waals surface area contributed by atoms with Crippen LogP contribution in [0.3, 0.4) is 0 Å². The molecule has 4 nitrogen and oxygen atoms in total. The lowest BCUT2D eigenvalue weighted by atomic mass is 10.0. The van der Waals surface area contributed by atoms with Crippen molar-refractivity contribution in [1.29, 1.82) is 0 Å². The zero-order chi connectivity index (χ0) is 25.2. The molecule has 184 valence electrons. The Morgan fingerprint density at radius 3 is 2.37 bits per heavy atom. The normalized spacial score (nSPS) is 11.7. The molecular weight excluding hydrogens is 483 g/mol. The van der Waals surface area contributed by atoms with Gasteiger partial charge in [-0.25, -0.2) is 4.39 Å². The van der Waals surface area contributed by atoms with Gasteiger partial charge in [0.05, 0.1) is 5.75 Å². The Morgan fingerprint density at radius 2 is 1.71 bits per heavy atom. The third-order valence-electron chi connectivity index (χ3n) is 5.63. The molecule has 1 atom stereocenters. The molecule has 0 aromatic heterocycles. The molecule has 0 saturated heterocycles. The Hall–Kier alpha value is -2.83. The molecule has 3 aromatic rings. The van der Waals surface area contributed by atoms with Crippen LogP contribution in [0.15, 0.2) is 72.8 Å². The number of carbonyl (C=O) groups is 2. The van der Waals surface area contributed by atoms with Crippen LogP contribution in [-0.2, 0) is 28.3 Å². The van der Waals surface area contributed by atoms with Gasteiger partial charge in [-0.05, 0) is 37.1 Å². The number of carbonyl (C=O) groups excluding carboxylic acids is 2. The van der Waals surface area contributed by atoms with E-state index in [1.54, 1.807) is 17.0 Å². The van der Waals surface area contributed by atoms with Gasteiger partial charge in [-0.2, -0.15) is 0 Å². The van der Waals surface area contributed by atoms with E-state index in [-0.39, 0.29) is 23.3 Å². The number of benzene rings is 3. The number of thioether (sulfide) groups is 1. The van der Waals surface area contributed by atoms with Crippen LogP contribution < -0.4 is 5.32 Å². The monoisotopic (exact) mass is 512 g/mol. The fourth-order valence-electron chi connectivity index (χ4n) is 3.73. The van der Waals surface area contributed by atoms with Crippen molar-refractivity contribution in [3.8, 4) is 0 Å². The largest absolute Gasteiger partial charge is 0.355 e. The molecule has 3 aromatic carbocycles. The van der Waals surface area contributed by atoms with E-state index in [1.165, 1.54) is 17.8 Å². The van der Waals surface area contributed by atoms with Gasteiger partial charge < -0.3 is 10.2 Å². The zero-order valence-corrected chi connectivity index (χ0v) is 21.5. The van der Waals surface area contributed by atoms with Crippen molar-refractivity contribution < 1.29 is 14.0 Å². The first kappa shape index (κ1) is 26.8. The Bertz CT molecular complexity index is 1110. The number of nitrogens with zero attached hydrogens (tertiary/aromatic N) is 1. The molecule has 0 saturated carbocycles. The van der Waals surface area contributed by atoms with Crippen molar-refractivity contribution in [3.63, 3.8) is 0 Å². The van der Waals surface area contributed by atoms with Crippen LogP contribution in [0, 0.1) is 12.7 Å². The number of likely N-dealkylation sites (N-methyl/N-ethyl adjacent to an activating group) is 1. The fraction of sp³-hybridized carbons (Fsp3) is 0.286. The van der Waals surface area contributed by atoms with Gasteiger partial charge in [-0.3, -0.25) is 9.59 Å². The van der Waals surface area contributed by atoms with Gasteiger partial charge in [0.1, 0.15) is 11.9 Å². The van der Waals surface area contributed by atoms with Gasteiger partial charge >= 0.3 is 0 Å². The van der Waals surface area contributed by atoms with Crippen LogP contribution in [0.2, 0.25) is 5.02 Å². The van der Waals surface area contributed by atoms with E-state index < -0.39 is 11.9 Å². The van der Waals surface area contributed by atoms with Crippen LogP contribution in [0.4, 0.5) is 4.39 Å². The van der Waals surface area contributed by atoms with Crippen LogP contribution in [0.1, 0.15) is 29.2 Å². The Morgan fingerprint density at radius 1 is 1.00 bits per heavy atom. The summed E-state index contributed by atoms with van der Waals surface area (Å²) in [6.45, 7) is 4.63. The van der Waals surface area contributed by atoms with Crippen LogP contribution in [0.25, 0.3) is 0 Å². The molecule has 0 fully saturated rings. The number of hydrogen-bond donors (Lipinski definition) is 1. The average Bonchev–Trinajstić information content (AvgIpc) is 2.85. The first-order valence-corrected chi connectivity index (χ1v) is 13.1. The standard InChI is InChI=1S/C28H30ClFN2O2S/c1-3-31-28(34)26(16-21-8-5-4-6-9-21)32(17-22-14-12-20(2)13-15-22)27(33)19-35-18-23-24(29)10-7-11-25(23)30/h4-15,26H,3,16-19H2,1-2H3,(H,31,34). The highest BCUT2D eigenvalue weighted by Crippen LogP contribution is 2.25. The lowest BCUT2D eigenvalue weighted by Gasteiger charge is -2.31. The van der Waals surface area contributed by atoms with Crippen LogP contribution in [0.5, 0.6) is 0 Å². The summed E-state index contributed by atoms with van der Waals surface area (Å²) in [5.74, 6) is -0.408. The summed E-state index contributed by atoms with van der Waals surface area (Å²) in [4.78, 5) is 28.3. The summed E-state index contributed by atoms with van der Waals surface area (Å²) in [6.07, 6.45) is 0.397. The molecule has 0 bridgehead atoms. The maximum absolute atomic E-state index is 14.2. The number of aryl methyl sites for hydroxylation is 1. The minimum atomic E-state index is -0.677. The molecule has 0 aliphatic carbocycles. The maximum atomic E-state index is 14.2. The smallest absolute Gasteiger partial charge is 0.243 e. The summed E-state index contributed by atoms with van der Waals surface area (Å²) in [6, 6.07) is 21.5. The Kier molecular flexibility index (Phi) is 10.2. The van der Waals surface area contributed by atoms with Gasteiger partial charge in [0, 0.05) is 35.8 Å². The zero-order valence-electron chi connectivity index (χ0n) is 20.0. The highest BCUT2D eigenvalue weighted by molar-refractivity contribution is 7.99. The molecule has 7 heteroatoms. The van der Waals surface area contributed by atoms with Gasteiger partial charge in [0.25, 0.3) is 0 Å². The third-order valence-corrected chi connectivity index (χ3v) is 6.93. The second-order valence-electron chi connectivity index (χ2n) is 8.30. The molecule has 0 heterocycles. The quantitative estimate of drug-likeness (QED) is 0.353. The van der Waals surface area contributed by atoms with E-state index >= 15 is 0 Å². The van der Waals surface area contributed by atoms with E-state index in [2.05, 4.69) is 5.32 Å². The maximum Gasteiger partial charge on any atom is 0.243 e. The Balaban J connectivity index is 1.84. The first-order valence-electron chi connectivity index (χ1n) is 11.6. The minimum absolute atomic E-state index is 0.0984. The summed E-state index contributed by atoms with van der Waals surface area (Å²) in [7, 11) is 0. The average molecular weight is 513 g/mol. The molecule has 0 aliphatic heterocycles. The van der Waals surface area contributed by atoms with Crippen molar-refractivity contribution in [2.24, 2.45) is 0 Å². The van der Waals surface area contributed by atoms with Crippen molar-refractivity contribution in [2.75, 3.05) is 12.3 Å². The molecule has 0 radical (unpaired) electrons. The van der Waals surface area contributed by atoms with Gasteiger partial charge in [-0.15, -0.1) is 11.8 Å². The summed E-state index contributed by atoms with van der Waals surface area (Å²) < 4.78 is 14.2. The van der Waals surface area contributed by atoms with Crippen molar-refractivity contribution in [1.82, 2.24) is 10.2 Å². The highest BCUT2D eigenvalue weighted by atomic mass is 35.5. The number of rotatable bonds is 11. The van der Waals surface area contributed by atoms with Gasteiger partial charge in [-0.1, -0.05) is 77.8 Å². The summed E-state index contributed by atoms with van der Waals surface area (Å²) >= 11 is 7.43. The van der Waals surface area contributed by atoms with Crippen molar-refractivity contribution >= 4 is 35.2 Å². The van der Waals surface area contributed by atoms with E-state index in [4.69, 9.17) is 11.6 Å². The van der Waals surface area contributed by atoms with Crippen LogP contribution in [-0.4, -0.2) is 35.1 Å². The number of nitrogens with one attached hydrogen (secondary N) is 1. The lowest BCUT2D eigenvalue weighted by Crippen LogP contribution is -2.51. The topological polar surface area (TPSA) is 49.4 Å². The SMILES string of the molecule is CCNC(=O)C(Cc1ccccc1)N(Cc1ccc(C)cc1)C(=O)CSCc1c(F)cccc1Cl. The first-order chi connectivity index (χ1) is 16.9. The van der Waals surface area contributed by atoms with Crippen molar-refractivity contribution in [2.45, 2.75) is 38.6 Å². The molecule has 0 spiro atoms. The Labute approximate surface area is 215 Å². The van der Waals surface area contributed by atoms with E-state index in [9.17, 15) is 14.0 Å². The number of hydrogen-bond acceptors (Lipinski definition) is 3. The second kappa shape index (κ2) is 13.3. The molecule has 2 amide bonds. The van der Waals surface area contributed by atoms with Crippen molar-refractivity contribution in [3.05, 3.63) is 106 Å². The van der Waals surface area contributed by atoms with Gasteiger partial charge in [0.15, 0.2) is 0 Å². The number of amides is 2. The lowest BCUT2D eigenvalue weighted by molar-refractivity contribution is -0.139. The van der Waals surface area contributed by atoms with Gasteiger partial charge in [0.2, 0.25) is 11.8 Å². The predicted molar refractivity (Wildman–Crippen MR) is 142 cm³/mol.